The zero-order valence-electron chi connectivity index (χ0n) is 6.86. The molecule has 0 spiro atoms. The van der Waals surface area contributed by atoms with E-state index in [2.05, 4.69) is 46.5 Å². The van der Waals surface area contributed by atoms with Crippen LogP contribution in [0.2, 0.25) is 0 Å². The molecule has 0 aliphatic carbocycles. The third-order valence-corrected chi connectivity index (χ3v) is 1.73. The van der Waals surface area contributed by atoms with Crippen molar-refractivity contribution in [1.82, 2.24) is 0 Å². The molecule has 58 valence electrons. The molecule has 0 N–H and O–H groups in total. The van der Waals surface area contributed by atoms with Crippen LogP contribution in [-0.2, 0) is 0 Å². The van der Waals surface area contributed by atoms with E-state index >= 15 is 0 Å². The molecule has 0 aliphatic heterocycles. The molecule has 0 bridgehead atoms. The van der Waals surface area contributed by atoms with Crippen molar-refractivity contribution in [3.63, 3.8) is 0 Å². The second-order valence-corrected chi connectivity index (χ2v) is 3.52. The van der Waals surface area contributed by atoms with Crippen LogP contribution in [0.25, 0.3) is 0 Å². The molecule has 0 aromatic heterocycles. The number of halogens is 1. The predicted octanol–water partition coefficient (Wildman–Crippen LogP) is 2.19. The summed E-state index contributed by atoms with van der Waals surface area (Å²) in [6.07, 6.45) is 0. The van der Waals surface area contributed by atoms with Crippen LogP contribution in [0, 0.1) is 11.3 Å². The van der Waals surface area contributed by atoms with Crippen molar-refractivity contribution in [2.75, 3.05) is 0 Å². The SMILES string of the molecule is CC(C)C(C)(C)C.[O-]Cl. The van der Waals surface area contributed by atoms with Gasteiger partial charge >= 0.3 is 0 Å². The van der Waals surface area contributed by atoms with Crippen LogP contribution >= 0.6 is 11.9 Å². The highest BCUT2D eigenvalue weighted by Crippen LogP contribution is 2.23. The molecule has 0 fully saturated rings. The summed E-state index contributed by atoms with van der Waals surface area (Å²) in [5.41, 5.74) is 0.500. The van der Waals surface area contributed by atoms with E-state index in [0.717, 1.165) is 5.92 Å². The van der Waals surface area contributed by atoms with E-state index in [1.165, 1.54) is 0 Å². The first-order chi connectivity index (χ1) is 3.94. The van der Waals surface area contributed by atoms with Gasteiger partial charge in [-0.1, -0.05) is 34.6 Å². The van der Waals surface area contributed by atoms with Gasteiger partial charge in [0, 0.05) is 0 Å². The molecule has 9 heavy (non-hydrogen) atoms. The highest BCUT2D eigenvalue weighted by Gasteiger charge is 2.13. The lowest BCUT2D eigenvalue weighted by Gasteiger charge is -2.22. The van der Waals surface area contributed by atoms with Crippen molar-refractivity contribution < 1.29 is 4.66 Å². The molecule has 1 nitrogen and oxygen atoms in total. The number of hydrogen-bond acceptors (Lipinski definition) is 1. The van der Waals surface area contributed by atoms with E-state index in [4.69, 9.17) is 4.66 Å². The minimum absolute atomic E-state index is 0.500. The van der Waals surface area contributed by atoms with Gasteiger partial charge in [-0.05, 0) is 11.3 Å². The Morgan fingerprint density at radius 3 is 1.22 bits per heavy atom. The summed E-state index contributed by atoms with van der Waals surface area (Å²) in [7, 11) is 0. The Morgan fingerprint density at radius 2 is 1.22 bits per heavy atom. The van der Waals surface area contributed by atoms with Crippen LogP contribution in [0.5, 0.6) is 0 Å². The fraction of sp³-hybridized carbons (Fsp3) is 1.00. The van der Waals surface area contributed by atoms with Crippen molar-refractivity contribution in [1.29, 1.82) is 0 Å². The summed E-state index contributed by atoms with van der Waals surface area (Å²) in [6, 6.07) is 0. The van der Waals surface area contributed by atoms with E-state index in [0.29, 0.717) is 5.41 Å². The van der Waals surface area contributed by atoms with Gasteiger partial charge in [-0.2, -0.15) is 0 Å². The fourth-order valence-electron chi connectivity index (χ4n) is 0. The van der Waals surface area contributed by atoms with Crippen molar-refractivity contribution in [2.24, 2.45) is 11.3 Å². The summed E-state index contributed by atoms with van der Waals surface area (Å²) in [5, 5.41) is 0. The van der Waals surface area contributed by atoms with Gasteiger partial charge in [-0.15, -0.1) is 0 Å². The molecule has 0 radical (unpaired) electrons. The predicted molar refractivity (Wildman–Crippen MR) is 40.1 cm³/mol. The maximum atomic E-state index is 7.72. The Labute approximate surface area is 63.2 Å². The van der Waals surface area contributed by atoms with Gasteiger partial charge in [-0.3, -0.25) is 0 Å². The zero-order chi connectivity index (χ0) is 8.08. The molecule has 2 heteroatoms. The summed E-state index contributed by atoms with van der Waals surface area (Å²) < 4.78 is 7.72. The normalized spacial score (nSPS) is 10.7. The lowest BCUT2D eigenvalue weighted by Crippen LogP contribution is -2.12. The molecule has 0 atom stereocenters. The van der Waals surface area contributed by atoms with Gasteiger partial charge in [0.15, 0.2) is 0 Å². The van der Waals surface area contributed by atoms with E-state index in [9.17, 15) is 0 Å². The summed E-state index contributed by atoms with van der Waals surface area (Å²) in [4.78, 5) is 0. The second kappa shape index (κ2) is 5.07. The first-order valence-electron chi connectivity index (χ1n) is 3.10. The summed E-state index contributed by atoms with van der Waals surface area (Å²) in [5.74, 6) is 0.799. The maximum absolute atomic E-state index is 7.72. The van der Waals surface area contributed by atoms with Crippen molar-refractivity contribution in [2.45, 2.75) is 34.6 Å². The van der Waals surface area contributed by atoms with Crippen LogP contribution < -0.4 is 4.66 Å². The topological polar surface area (TPSA) is 23.1 Å². The summed E-state index contributed by atoms with van der Waals surface area (Å²) in [6.45, 7) is 11.3. The first-order valence-corrected chi connectivity index (χ1v) is 3.41. The van der Waals surface area contributed by atoms with Gasteiger partial charge < -0.3 is 4.66 Å². The van der Waals surface area contributed by atoms with Crippen molar-refractivity contribution in [3.8, 4) is 0 Å². The average molecular weight is 152 g/mol. The van der Waals surface area contributed by atoms with Gasteiger partial charge in [0.1, 0.15) is 0 Å². The molecule has 0 aromatic carbocycles. The van der Waals surface area contributed by atoms with Gasteiger partial charge in [0.25, 0.3) is 0 Å². The van der Waals surface area contributed by atoms with Crippen LogP contribution in [0.1, 0.15) is 34.6 Å². The van der Waals surface area contributed by atoms with Crippen LogP contribution in [0.3, 0.4) is 0 Å². The van der Waals surface area contributed by atoms with Crippen LogP contribution in [-0.4, -0.2) is 0 Å². The molecule has 0 aliphatic rings. The average Bonchev–Trinajstić information content (AvgIpc) is 1.69. The molecule has 0 aromatic rings. The van der Waals surface area contributed by atoms with Gasteiger partial charge in [-0.25, -0.2) is 11.9 Å². The molecule has 0 unspecified atom stereocenters. The van der Waals surface area contributed by atoms with Gasteiger partial charge in [0.2, 0.25) is 0 Å². The quantitative estimate of drug-likeness (QED) is 0.521. The van der Waals surface area contributed by atoms with Gasteiger partial charge in [0.05, 0.1) is 0 Å². The molecular weight excluding hydrogens is 136 g/mol. The Bertz CT molecular complexity index is 54.4. The zero-order valence-corrected chi connectivity index (χ0v) is 7.62. The molecule has 0 heterocycles. The molecule has 0 saturated heterocycles. The molecule has 0 rings (SSSR count). The van der Waals surface area contributed by atoms with Crippen LogP contribution in [0.4, 0.5) is 0 Å². The Hall–Kier alpha value is 0.250. The standard InChI is InChI=1S/C7H16.ClO/c1-6(2)7(3,4)5;1-2/h6H,1-5H3;/q;-1. The Kier molecular flexibility index (Phi) is 6.74. The second-order valence-electron chi connectivity index (χ2n) is 3.52. The first kappa shape index (κ1) is 12.0. The molecule has 0 saturated carbocycles. The minimum atomic E-state index is 0.500. The lowest BCUT2D eigenvalue weighted by atomic mass is 9.84. The lowest BCUT2D eigenvalue weighted by molar-refractivity contribution is -0.166. The smallest absolute Gasteiger partial charge is 0.0360 e. The van der Waals surface area contributed by atoms with E-state index in [1.54, 1.807) is 0 Å². The Morgan fingerprint density at radius 1 is 1.11 bits per heavy atom. The minimum Gasteiger partial charge on any atom is -0.769 e. The molecular formula is C7H16ClO-. The van der Waals surface area contributed by atoms with E-state index in [1.807, 2.05) is 0 Å². The highest BCUT2D eigenvalue weighted by atomic mass is 35.5. The Balaban J connectivity index is 0. The largest absolute Gasteiger partial charge is 0.769 e. The van der Waals surface area contributed by atoms with Crippen LogP contribution in [0.15, 0.2) is 0 Å². The van der Waals surface area contributed by atoms with E-state index in [-0.39, 0.29) is 0 Å². The van der Waals surface area contributed by atoms with Crippen molar-refractivity contribution in [3.05, 3.63) is 0 Å². The fourth-order valence-corrected chi connectivity index (χ4v) is 0. The number of rotatable bonds is 0. The number of hydrogen-bond donors (Lipinski definition) is 0. The maximum Gasteiger partial charge on any atom is -0.0360 e. The van der Waals surface area contributed by atoms with E-state index < -0.39 is 0 Å². The molecule has 0 amide bonds. The van der Waals surface area contributed by atoms with Crippen molar-refractivity contribution >= 4 is 11.9 Å². The third kappa shape index (κ3) is 8.25. The monoisotopic (exact) mass is 151 g/mol. The third-order valence-electron chi connectivity index (χ3n) is 1.73. The highest BCUT2D eigenvalue weighted by molar-refractivity contribution is 6.02. The summed E-state index contributed by atoms with van der Waals surface area (Å²) >= 11 is 3.39.